The number of hydrogen-bond donors (Lipinski definition) is 1. The summed E-state index contributed by atoms with van der Waals surface area (Å²) >= 11 is 0. The fourth-order valence-electron chi connectivity index (χ4n) is 3.96. The molecule has 0 spiro atoms. The summed E-state index contributed by atoms with van der Waals surface area (Å²) in [5.74, 6) is 1.01. The average Bonchev–Trinajstić information content (AvgIpc) is 3.15. The minimum atomic E-state index is -0.405. The van der Waals surface area contributed by atoms with E-state index in [9.17, 15) is 4.79 Å². The van der Waals surface area contributed by atoms with Crippen LogP contribution >= 0.6 is 0 Å². The highest BCUT2D eigenvalue weighted by atomic mass is 16.5. The number of anilines is 1. The lowest BCUT2D eigenvalue weighted by molar-refractivity contribution is -0.121. The molecule has 1 fully saturated rings. The molecule has 0 unspecified atom stereocenters. The Morgan fingerprint density at radius 3 is 2.41 bits per heavy atom. The normalized spacial score (nSPS) is 15.5. The molecule has 0 atom stereocenters. The largest absolute Gasteiger partial charge is 0.493 e. The number of nitrogens with one attached hydrogen (secondary N) is 1. The van der Waals surface area contributed by atoms with E-state index in [0.29, 0.717) is 0 Å². The van der Waals surface area contributed by atoms with Crippen molar-refractivity contribution in [3.63, 3.8) is 0 Å². The van der Waals surface area contributed by atoms with Crippen LogP contribution in [0.2, 0.25) is 0 Å². The van der Waals surface area contributed by atoms with E-state index in [2.05, 4.69) is 43.4 Å². The van der Waals surface area contributed by atoms with Crippen LogP contribution in [0.25, 0.3) is 0 Å². The molecule has 0 saturated heterocycles. The van der Waals surface area contributed by atoms with Crippen molar-refractivity contribution in [1.82, 2.24) is 0 Å². The van der Waals surface area contributed by atoms with Gasteiger partial charge in [-0.3, -0.25) is 4.79 Å². The van der Waals surface area contributed by atoms with Gasteiger partial charge in [0, 0.05) is 5.69 Å². The zero-order valence-corrected chi connectivity index (χ0v) is 16.8. The van der Waals surface area contributed by atoms with Gasteiger partial charge in [-0.05, 0) is 62.4 Å². The van der Waals surface area contributed by atoms with Crippen LogP contribution < -0.4 is 10.1 Å². The Bertz CT molecular complexity index is 773. The van der Waals surface area contributed by atoms with Gasteiger partial charge in [-0.25, -0.2) is 0 Å². The molecule has 0 bridgehead atoms. The van der Waals surface area contributed by atoms with Crippen LogP contribution in [-0.2, 0) is 10.2 Å². The molecule has 0 heterocycles. The molecule has 1 aliphatic carbocycles. The van der Waals surface area contributed by atoms with E-state index in [0.717, 1.165) is 67.7 Å². The third kappa shape index (κ3) is 4.35. The molecule has 1 aliphatic rings. The maximum atomic E-state index is 13.3. The molecule has 2 aromatic rings. The topological polar surface area (TPSA) is 38.3 Å². The SMILES string of the molecule is CCCCOc1ccc(NC(=O)C2(c3ccc(C)cc3)CCCC2)cc1C. The van der Waals surface area contributed by atoms with Crippen LogP contribution in [0.5, 0.6) is 5.75 Å². The Labute approximate surface area is 163 Å². The number of hydrogen-bond acceptors (Lipinski definition) is 2. The summed E-state index contributed by atoms with van der Waals surface area (Å²) in [7, 11) is 0. The van der Waals surface area contributed by atoms with Gasteiger partial charge in [-0.15, -0.1) is 0 Å². The van der Waals surface area contributed by atoms with Gasteiger partial charge in [-0.2, -0.15) is 0 Å². The molecule has 1 amide bonds. The molecule has 144 valence electrons. The van der Waals surface area contributed by atoms with Gasteiger partial charge >= 0.3 is 0 Å². The second-order valence-corrected chi connectivity index (χ2v) is 7.79. The molecule has 0 radical (unpaired) electrons. The third-order valence-corrected chi connectivity index (χ3v) is 5.68. The van der Waals surface area contributed by atoms with Crippen LogP contribution in [0.3, 0.4) is 0 Å². The summed E-state index contributed by atoms with van der Waals surface area (Å²) in [6.45, 7) is 7.00. The smallest absolute Gasteiger partial charge is 0.235 e. The molecule has 2 aromatic carbocycles. The first-order valence-corrected chi connectivity index (χ1v) is 10.2. The third-order valence-electron chi connectivity index (χ3n) is 5.68. The minimum absolute atomic E-state index is 0.114. The van der Waals surface area contributed by atoms with E-state index in [1.807, 2.05) is 25.1 Å². The van der Waals surface area contributed by atoms with E-state index in [4.69, 9.17) is 4.74 Å². The molecule has 0 aliphatic heterocycles. The number of rotatable bonds is 7. The highest BCUT2D eigenvalue weighted by Gasteiger charge is 2.42. The molecule has 1 N–H and O–H groups in total. The lowest BCUT2D eigenvalue weighted by Crippen LogP contribution is -2.38. The second-order valence-electron chi connectivity index (χ2n) is 7.79. The van der Waals surface area contributed by atoms with Crippen LogP contribution in [-0.4, -0.2) is 12.5 Å². The number of carbonyl (C=O) groups is 1. The molecule has 3 heteroatoms. The van der Waals surface area contributed by atoms with Crippen LogP contribution in [0.1, 0.15) is 62.1 Å². The van der Waals surface area contributed by atoms with Gasteiger partial charge in [0.2, 0.25) is 5.91 Å². The summed E-state index contributed by atoms with van der Waals surface area (Å²) in [6, 6.07) is 14.4. The Kier molecular flexibility index (Phi) is 6.20. The van der Waals surface area contributed by atoms with Crippen molar-refractivity contribution in [3.05, 3.63) is 59.2 Å². The molecule has 27 heavy (non-hydrogen) atoms. The number of amides is 1. The first kappa shape index (κ1) is 19.5. The highest BCUT2D eigenvalue weighted by molar-refractivity contribution is 5.99. The number of benzene rings is 2. The first-order chi connectivity index (χ1) is 13.0. The van der Waals surface area contributed by atoms with E-state index in [-0.39, 0.29) is 5.91 Å². The molecular weight excluding hydrogens is 334 g/mol. The monoisotopic (exact) mass is 365 g/mol. The van der Waals surface area contributed by atoms with E-state index in [1.165, 1.54) is 5.56 Å². The van der Waals surface area contributed by atoms with Gasteiger partial charge < -0.3 is 10.1 Å². The molecule has 3 rings (SSSR count). The fraction of sp³-hybridized carbons (Fsp3) is 0.458. The summed E-state index contributed by atoms with van der Waals surface area (Å²) in [5.41, 5.74) is 3.86. The fourth-order valence-corrected chi connectivity index (χ4v) is 3.96. The van der Waals surface area contributed by atoms with Crippen LogP contribution in [0, 0.1) is 13.8 Å². The molecule has 1 saturated carbocycles. The Morgan fingerprint density at radius 2 is 1.78 bits per heavy atom. The Balaban J connectivity index is 1.76. The van der Waals surface area contributed by atoms with Crippen molar-refractivity contribution in [2.24, 2.45) is 0 Å². The zero-order valence-electron chi connectivity index (χ0n) is 16.8. The minimum Gasteiger partial charge on any atom is -0.493 e. The predicted octanol–water partition coefficient (Wildman–Crippen LogP) is 5.93. The maximum Gasteiger partial charge on any atom is 0.235 e. The van der Waals surface area contributed by atoms with Crippen molar-refractivity contribution in [2.45, 2.75) is 64.7 Å². The van der Waals surface area contributed by atoms with E-state index in [1.54, 1.807) is 0 Å². The second kappa shape index (κ2) is 8.60. The lowest BCUT2D eigenvalue weighted by Gasteiger charge is -2.28. The maximum absolute atomic E-state index is 13.3. The Hall–Kier alpha value is -2.29. The van der Waals surface area contributed by atoms with Crippen molar-refractivity contribution in [1.29, 1.82) is 0 Å². The van der Waals surface area contributed by atoms with Crippen molar-refractivity contribution >= 4 is 11.6 Å². The van der Waals surface area contributed by atoms with Crippen molar-refractivity contribution in [2.75, 3.05) is 11.9 Å². The molecule has 0 aromatic heterocycles. The number of aryl methyl sites for hydroxylation is 2. The number of carbonyl (C=O) groups excluding carboxylic acids is 1. The van der Waals surface area contributed by atoms with Gasteiger partial charge in [0.05, 0.1) is 12.0 Å². The molecule has 3 nitrogen and oxygen atoms in total. The van der Waals surface area contributed by atoms with Crippen molar-refractivity contribution < 1.29 is 9.53 Å². The standard InChI is InChI=1S/C24H31NO2/c1-4-5-16-27-22-13-12-21(17-19(22)3)25-23(26)24(14-6-7-15-24)20-10-8-18(2)9-11-20/h8-13,17H,4-7,14-16H2,1-3H3,(H,25,26). The molecular formula is C24H31NO2. The van der Waals surface area contributed by atoms with Gasteiger partial charge in [0.15, 0.2) is 0 Å². The van der Waals surface area contributed by atoms with E-state index >= 15 is 0 Å². The number of ether oxygens (including phenoxy) is 1. The quantitative estimate of drug-likeness (QED) is 0.617. The summed E-state index contributed by atoms with van der Waals surface area (Å²) in [6.07, 6.45) is 6.21. The number of unbranched alkanes of at least 4 members (excludes halogenated alkanes) is 1. The van der Waals surface area contributed by atoms with Gasteiger partial charge in [0.1, 0.15) is 5.75 Å². The van der Waals surface area contributed by atoms with Gasteiger partial charge in [0.25, 0.3) is 0 Å². The summed E-state index contributed by atoms with van der Waals surface area (Å²) in [5, 5.41) is 3.18. The van der Waals surface area contributed by atoms with Crippen molar-refractivity contribution in [3.8, 4) is 5.75 Å². The predicted molar refractivity (Wildman–Crippen MR) is 112 cm³/mol. The highest BCUT2D eigenvalue weighted by Crippen LogP contribution is 2.42. The van der Waals surface area contributed by atoms with Gasteiger partial charge in [-0.1, -0.05) is 56.0 Å². The van der Waals surface area contributed by atoms with Crippen LogP contribution in [0.15, 0.2) is 42.5 Å². The summed E-state index contributed by atoms with van der Waals surface area (Å²) < 4.78 is 5.82. The lowest BCUT2D eigenvalue weighted by atomic mass is 9.77. The Morgan fingerprint density at radius 1 is 1.07 bits per heavy atom. The van der Waals surface area contributed by atoms with E-state index < -0.39 is 5.41 Å². The van der Waals surface area contributed by atoms with Crippen LogP contribution in [0.4, 0.5) is 5.69 Å². The average molecular weight is 366 g/mol. The zero-order chi connectivity index (χ0) is 19.3. The summed E-state index contributed by atoms with van der Waals surface area (Å²) in [4.78, 5) is 13.3. The first-order valence-electron chi connectivity index (χ1n) is 10.2.